The van der Waals surface area contributed by atoms with Crippen LogP contribution >= 0.6 is 24.8 Å². The van der Waals surface area contributed by atoms with Crippen LogP contribution in [0.2, 0.25) is 0 Å². The third-order valence-corrected chi connectivity index (χ3v) is 5.78. The number of likely N-dealkylation sites (tertiary alicyclic amines) is 1. The third kappa shape index (κ3) is 6.51. The number of nitrogens with two attached hydrogens (primary N) is 1. The van der Waals surface area contributed by atoms with E-state index in [1.165, 1.54) is 0 Å². The normalized spacial score (nSPS) is 17.8. The molecule has 0 radical (unpaired) electrons. The fourth-order valence-electron chi connectivity index (χ4n) is 4.10. The van der Waals surface area contributed by atoms with Crippen LogP contribution in [0.1, 0.15) is 37.7 Å². The van der Waals surface area contributed by atoms with E-state index in [0.29, 0.717) is 13.1 Å². The van der Waals surface area contributed by atoms with E-state index in [2.05, 4.69) is 4.90 Å². The summed E-state index contributed by atoms with van der Waals surface area (Å²) in [4.78, 5) is 27.8. The number of amides is 1. The van der Waals surface area contributed by atoms with Gasteiger partial charge < -0.3 is 20.6 Å². The molecule has 1 amide bonds. The van der Waals surface area contributed by atoms with E-state index in [0.717, 1.165) is 50.0 Å². The first-order chi connectivity index (χ1) is 12.9. The van der Waals surface area contributed by atoms with Crippen LogP contribution in [0.4, 0.5) is 5.69 Å². The minimum absolute atomic E-state index is 0. The summed E-state index contributed by atoms with van der Waals surface area (Å²) in [5, 5.41) is 16.4. The molecule has 2 aliphatic rings. The average molecular weight is 445 g/mol. The van der Waals surface area contributed by atoms with Crippen molar-refractivity contribution in [2.75, 3.05) is 31.1 Å². The maximum atomic E-state index is 12.8. The smallest absolute Gasteiger partial charge is 0.303 e. The molecular formula is C20H30Cl2N4O3. The lowest BCUT2D eigenvalue weighted by Crippen LogP contribution is -2.45. The second-order valence-corrected chi connectivity index (χ2v) is 7.59. The first-order valence-electron chi connectivity index (χ1n) is 9.64. The van der Waals surface area contributed by atoms with Gasteiger partial charge in [0.15, 0.2) is 0 Å². The van der Waals surface area contributed by atoms with Gasteiger partial charge in [-0.25, -0.2) is 0 Å². The van der Waals surface area contributed by atoms with E-state index >= 15 is 0 Å². The molecule has 0 bridgehead atoms. The van der Waals surface area contributed by atoms with Gasteiger partial charge in [-0.1, -0.05) is 0 Å². The maximum Gasteiger partial charge on any atom is 0.303 e. The molecule has 0 spiro atoms. The van der Waals surface area contributed by atoms with Crippen molar-refractivity contribution in [3.05, 3.63) is 29.8 Å². The van der Waals surface area contributed by atoms with Crippen molar-refractivity contribution in [1.29, 1.82) is 5.41 Å². The van der Waals surface area contributed by atoms with Crippen LogP contribution < -0.4 is 10.6 Å². The number of carboxylic acids is 1. The minimum Gasteiger partial charge on any atom is -0.481 e. The second kappa shape index (κ2) is 11.3. The Bertz CT molecular complexity index is 698. The fraction of sp³-hybridized carbons (Fsp3) is 0.550. The fourth-order valence-corrected chi connectivity index (χ4v) is 4.10. The number of nitrogen functional groups attached to an aromatic ring is 1. The van der Waals surface area contributed by atoms with Crippen LogP contribution in [-0.4, -0.2) is 53.9 Å². The largest absolute Gasteiger partial charge is 0.481 e. The summed E-state index contributed by atoms with van der Waals surface area (Å²) >= 11 is 0. The molecule has 3 rings (SSSR count). The highest BCUT2D eigenvalue weighted by Gasteiger charge is 2.31. The topological polar surface area (TPSA) is 111 Å². The molecule has 0 atom stereocenters. The van der Waals surface area contributed by atoms with E-state index in [9.17, 15) is 9.59 Å². The standard InChI is InChI=1S/C20H28N4O3.2ClH/c21-19(22)15-1-3-17(4-2-15)23-11-7-16(8-12-23)20(27)24-9-5-14(6-10-24)13-18(25)26;;/h1-4,14,16H,5-13H2,(H3,21,22)(H,25,26);2*1H. The number of nitrogens with zero attached hydrogens (tertiary/aromatic N) is 2. The van der Waals surface area contributed by atoms with Crippen LogP contribution in [0.5, 0.6) is 0 Å². The Morgan fingerprint density at radius 2 is 1.55 bits per heavy atom. The zero-order valence-electron chi connectivity index (χ0n) is 16.4. The molecule has 1 aromatic carbocycles. The number of benzene rings is 1. The quantitative estimate of drug-likeness (QED) is 0.477. The van der Waals surface area contributed by atoms with Gasteiger partial charge in [-0.3, -0.25) is 15.0 Å². The lowest BCUT2D eigenvalue weighted by atomic mass is 9.90. The number of halogens is 2. The molecule has 0 unspecified atom stereocenters. The van der Waals surface area contributed by atoms with E-state index in [1.54, 1.807) is 0 Å². The second-order valence-electron chi connectivity index (χ2n) is 7.59. The maximum absolute atomic E-state index is 12.8. The number of hydrogen-bond donors (Lipinski definition) is 3. The summed E-state index contributed by atoms with van der Waals surface area (Å²) in [5.41, 5.74) is 7.31. The van der Waals surface area contributed by atoms with Gasteiger partial charge in [0.25, 0.3) is 0 Å². The van der Waals surface area contributed by atoms with Crippen LogP contribution in [0.15, 0.2) is 24.3 Å². The molecule has 2 heterocycles. The van der Waals surface area contributed by atoms with Gasteiger partial charge in [0.05, 0.1) is 0 Å². The summed E-state index contributed by atoms with van der Waals surface area (Å²) < 4.78 is 0. The number of hydrogen-bond acceptors (Lipinski definition) is 4. The van der Waals surface area contributed by atoms with Crippen molar-refractivity contribution >= 4 is 48.2 Å². The zero-order valence-corrected chi connectivity index (χ0v) is 18.0. The molecule has 2 saturated heterocycles. The number of rotatable bonds is 5. The molecule has 2 fully saturated rings. The van der Waals surface area contributed by atoms with Gasteiger partial charge in [-0.05, 0) is 55.9 Å². The van der Waals surface area contributed by atoms with Crippen molar-refractivity contribution in [2.24, 2.45) is 17.6 Å². The van der Waals surface area contributed by atoms with Crippen LogP contribution in [0, 0.1) is 17.2 Å². The molecule has 4 N–H and O–H groups in total. The molecule has 0 aliphatic carbocycles. The number of aliphatic carboxylic acids is 1. The highest BCUT2D eigenvalue weighted by molar-refractivity contribution is 5.95. The molecular weight excluding hydrogens is 415 g/mol. The Labute approximate surface area is 183 Å². The van der Waals surface area contributed by atoms with Crippen molar-refractivity contribution in [3.8, 4) is 0 Å². The van der Waals surface area contributed by atoms with Crippen molar-refractivity contribution in [1.82, 2.24) is 4.90 Å². The summed E-state index contributed by atoms with van der Waals surface area (Å²) in [5.74, 6) is -0.183. The SMILES string of the molecule is Cl.Cl.N=C(N)c1ccc(N2CCC(C(=O)N3CCC(CC(=O)O)CC3)CC2)cc1. The average Bonchev–Trinajstić information content (AvgIpc) is 2.68. The van der Waals surface area contributed by atoms with Gasteiger partial charge in [-0.15, -0.1) is 24.8 Å². The van der Waals surface area contributed by atoms with Crippen LogP contribution in [-0.2, 0) is 9.59 Å². The van der Waals surface area contributed by atoms with Crippen molar-refractivity contribution in [2.45, 2.75) is 32.1 Å². The van der Waals surface area contributed by atoms with Crippen molar-refractivity contribution in [3.63, 3.8) is 0 Å². The minimum atomic E-state index is -0.747. The molecule has 162 valence electrons. The Morgan fingerprint density at radius 1 is 1.00 bits per heavy atom. The summed E-state index contributed by atoms with van der Waals surface area (Å²) in [6, 6.07) is 7.67. The summed E-state index contributed by atoms with van der Waals surface area (Å²) in [6.45, 7) is 3.05. The Balaban J connectivity index is 0.00000210. The third-order valence-electron chi connectivity index (χ3n) is 5.78. The van der Waals surface area contributed by atoms with Crippen LogP contribution in [0.3, 0.4) is 0 Å². The number of carbonyl (C=O) groups is 2. The molecule has 9 heteroatoms. The van der Waals surface area contributed by atoms with Gasteiger partial charge in [0, 0.05) is 49.8 Å². The molecule has 2 aliphatic heterocycles. The van der Waals surface area contributed by atoms with Crippen LogP contribution in [0.25, 0.3) is 0 Å². The number of anilines is 1. The molecule has 7 nitrogen and oxygen atoms in total. The van der Waals surface area contributed by atoms with Gasteiger partial charge >= 0.3 is 5.97 Å². The number of piperidine rings is 2. The number of nitrogens with one attached hydrogen (secondary N) is 1. The first-order valence-corrected chi connectivity index (χ1v) is 9.64. The van der Waals surface area contributed by atoms with E-state index < -0.39 is 5.97 Å². The van der Waals surface area contributed by atoms with E-state index in [-0.39, 0.29) is 54.8 Å². The summed E-state index contributed by atoms with van der Waals surface area (Å²) in [6.07, 6.45) is 3.46. The number of carbonyl (C=O) groups excluding carboxylic acids is 1. The predicted molar refractivity (Wildman–Crippen MR) is 118 cm³/mol. The molecule has 0 saturated carbocycles. The Morgan fingerprint density at radius 3 is 2.03 bits per heavy atom. The van der Waals surface area contributed by atoms with E-state index in [4.69, 9.17) is 16.2 Å². The highest BCUT2D eigenvalue weighted by Crippen LogP contribution is 2.27. The Hall–Kier alpha value is -1.99. The highest BCUT2D eigenvalue weighted by atomic mass is 35.5. The van der Waals surface area contributed by atoms with E-state index in [1.807, 2.05) is 29.2 Å². The summed E-state index contributed by atoms with van der Waals surface area (Å²) in [7, 11) is 0. The number of amidine groups is 1. The van der Waals surface area contributed by atoms with Crippen molar-refractivity contribution < 1.29 is 14.7 Å². The molecule has 29 heavy (non-hydrogen) atoms. The lowest BCUT2D eigenvalue weighted by molar-refractivity contribution is -0.139. The predicted octanol–water partition coefficient (Wildman–Crippen LogP) is 2.74. The molecule has 0 aromatic heterocycles. The monoisotopic (exact) mass is 444 g/mol. The first kappa shape index (κ1) is 25.0. The van der Waals surface area contributed by atoms with Gasteiger partial charge in [0.1, 0.15) is 5.84 Å². The van der Waals surface area contributed by atoms with Gasteiger partial charge in [-0.2, -0.15) is 0 Å². The number of carboxylic acid groups (broad SMARTS) is 1. The molecule has 1 aromatic rings. The Kier molecular flexibility index (Phi) is 9.73. The zero-order chi connectivity index (χ0) is 19.4. The van der Waals surface area contributed by atoms with Gasteiger partial charge in [0.2, 0.25) is 5.91 Å². The lowest BCUT2D eigenvalue weighted by Gasteiger charge is -2.37.